The Hall–Kier alpha value is -1.84. The van der Waals surface area contributed by atoms with Crippen LogP contribution in [0.4, 0.5) is 0 Å². The lowest BCUT2D eigenvalue weighted by Gasteiger charge is -2.28. The smallest absolute Gasteiger partial charge is 0.328 e. The van der Waals surface area contributed by atoms with Crippen LogP contribution < -0.4 is 0 Å². The van der Waals surface area contributed by atoms with Crippen molar-refractivity contribution >= 4 is 11.9 Å². The Bertz CT molecular complexity index is 453. The average Bonchev–Trinajstić information content (AvgIpc) is 2.40. The quantitative estimate of drug-likeness (QED) is 0.615. The minimum atomic E-state index is -1.61. The van der Waals surface area contributed by atoms with Crippen LogP contribution in [0.3, 0.4) is 0 Å². The minimum Gasteiger partial charge on any atom is -0.480 e. The normalized spacial score (nSPS) is 13.8. The average molecular weight is 278 g/mol. The van der Waals surface area contributed by atoms with Gasteiger partial charge < -0.3 is 9.84 Å². The highest BCUT2D eigenvalue weighted by atomic mass is 16.5. The van der Waals surface area contributed by atoms with Gasteiger partial charge in [0.05, 0.1) is 6.61 Å². The molecule has 1 aromatic carbocycles. The maximum Gasteiger partial charge on any atom is 0.328 e. The molecule has 1 rings (SSSR count). The largest absolute Gasteiger partial charge is 0.480 e. The Balaban J connectivity index is 3.27. The second-order valence-electron chi connectivity index (χ2n) is 5.23. The fraction of sp³-hybridized carbons (Fsp3) is 0.500. The predicted molar refractivity (Wildman–Crippen MR) is 76.5 cm³/mol. The number of benzene rings is 1. The summed E-state index contributed by atoms with van der Waals surface area (Å²) in [4.78, 5) is 24.2. The maximum absolute atomic E-state index is 12.3. The number of esters is 1. The van der Waals surface area contributed by atoms with E-state index in [1.54, 1.807) is 37.3 Å². The zero-order valence-corrected chi connectivity index (χ0v) is 12.3. The van der Waals surface area contributed by atoms with Crippen LogP contribution in [-0.4, -0.2) is 23.7 Å². The van der Waals surface area contributed by atoms with Gasteiger partial charge in [-0.25, -0.2) is 0 Å². The van der Waals surface area contributed by atoms with E-state index in [1.165, 1.54) is 0 Å². The molecule has 0 amide bonds. The number of carbonyl (C=O) groups excluding carboxylic acids is 1. The Labute approximate surface area is 119 Å². The summed E-state index contributed by atoms with van der Waals surface area (Å²) in [5, 5.41) is 9.69. The van der Waals surface area contributed by atoms with Crippen molar-refractivity contribution in [1.29, 1.82) is 0 Å². The first-order valence-corrected chi connectivity index (χ1v) is 6.91. The van der Waals surface area contributed by atoms with Crippen LogP contribution in [0.5, 0.6) is 0 Å². The van der Waals surface area contributed by atoms with Crippen molar-refractivity contribution in [1.82, 2.24) is 0 Å². The molecule has 0 aromatic heterocycles. The van der Waals surface area contributed by atoms with Crippen LogP contribution in [0, 0.1) is 5.92 Å². The Kier molecular flexibility index (Phi) is 5.74. The van der Waals surface area contributed by atoms with Gasteiger partial charge in [-0.15, -0.1) is 0 Å². The number of rotatable bonds is 7. The summed E-state index contributed by atoms with van der Waals surface area (Å²) in [5.41, 5.74) is -1.13. The van der Waals surface area contributed by atoms with Crippen LogP contribution in [0.1, 0.15) is 39.2 Å². The van der Waals surface area contributed by atoms with Crippen molar-refractivity contribution in [3.63, 3.8) is 0 Å². The maximum atomic E-state index is 12.3. The lowest BCUT2D eigenvalue weighted by molar-refractivity contribution is -0.162. The first kappa shape index (κ1) is 16.2. The first-order chi connectivity index (χ1) is 9.45. The zero-order valence-electron chi connectivity index (χ0n) is 12.3. The molecule has 0 aliphatic heterocycles. The molecule has 0 saturated carbocycles. The molecular weight excluding hydrogens is 256 g/mol. The summed E-state index contributed by atoms with van der Waals surface area (Å²) < 4.78 is 5.04. The summed E-state index contributed by atoms with van der Waals surface area (Å²) in [6.45, 7) is 5.85. The third-order valence-electron chi connectivity index (χ3n) is 3.35. The lowest BCUT2D eigenvalue weighted by atomic mass is 9.75. The van der Waals surface area contributed by atoms with E-state index in [4.69, 9.17) is 4.74 Å². The van der Waals surface area contributed by atoms with Gasteiger partial charge in [0.1, 0.15) is 0 Å². The molecule has 1 aromatic rings. The van der Waals surface area contributed by atoms with E-state index in [0.29, 0.717) is 17.9 Å². The SMILES string of the molecule is CCOC(=O)C(CCC(C)C)(C(=O)O)c1ccccc1. The number of carboxylic acids is 1. The van der Waals surface area contributed by atoms with Gasteiger partial charge in [0.25, 0.3) is 0 Å². The molecule has 20 heavy (non-hydrogen) atoms. The molecule has 0 saturated heterocycles. The monoisotopic (exact) mass is 278 g/mol. The molecule has 1 N–H and O–H groups in total. The molecule has 0 spiro atoms. The summed E-state index contributed by atoms with van der Waals surface area (Å²) in [6.07, 6.45) is 0.878. The molecule has 0 heterocycles. The number of hydrogen-bond acceptors (Lipinski definition) is 3. The Morgan fingerprint density at radius 2 is 1.85 bits per heavy atom. The third kappa shape index (κ3) is 3.38. The van der Waals surface area contributed by atoms with Gasteiger partial charge in [-0.3, -0.25) is 9.59 Å². The van der Waals surface area contributed by atoms with Gasteiger partial charge in [-0.05, 0) is 31.2 Å². The van der Waals surface area contributed by atoms with Gasteiger partial charge >= 0.3 is 11.9 Å². The molecule has 1 unspecified atom stereocenters. The number of aliphatic carboxylic acids is 1. The van der Waals surface area contributed by atoms with Crippen LogP contribution in [-0.2, 0) is 19.7 Å². The Morgan fingerprint density at radius 3 is 2.30 bits per heavy atom. The van der Waals surface area contributed by atoms with Crippen LogP contribution in [0.25, 0.3) is 0 Å². The minimum absolute atomic E-state index is 0.169. The van der Waals surface area contributed by atoms with E-state index in [-0.39, 0.29) is 13.0 Å². The van der Waals surface area contributed by atoms with Crippen molar-refractivity contribution in [3.8, 4) is 0 Å². The number of carboxylic acid groups (broad SMARTS) is 1. The second kappa shape index (κ2) is 7.08. The van der Waals surface area contributed by atoms with Crippen molar-refractivity contribution in [3.05, 3.63) is 35.9 Å². The molecule has 0 aliphatic rings. The molecule has 4 nitrogen and oxygen atoms in total. The van der Waals surface area contributed by atoms with E-state index in [9.17, 15) is 14.7 Å². The highest BCUT2D eigenvalue weighted by Gasteiger charge is 2.48. The molecular formula is C16H22O4. The van der Waals surface area contributed by atoms with E-state index in [0.717, 1.165) is 0 Å². The molecule has 0 radical (unpaired) electrons. The van der Waals surface area contributed by atoms with Gasteiger partial charge in [-0.1, -0.05) is 44.2 Å². The number of hydrogen-bond donors (Lipinski definition) is 1. The van der Waals surface area contributed by atoms with E-state index >= 15 is 0 Å². The molecule has 0 bridgehead atoms. The second-order valence-corrected chi connectivity index (χ2v) is 5.23. The van der Waals surface area contributed by atoms with Gasteiger partial charge in [0.2, 0.25) is 0 Å². The summed E-state index contributed by atoms with van der Waals surface area (Å²) in [6, 6.07) is 8.61. The van der Waals surface area contributed by atoms with Crippen molar-refractivity contribution in [2.24, 2.45) is 5.92 Å². The van der Waals surface area contributed by atoms with Crippen LogP contribution in [0.15, 0.2) is 30.3 Å². The highest BCUT2D eigenvalue weighted by Crippen LogP contribution is 2.33. The van der Waals surface area contributed by atoms with Crippen LogP contribution >= 0.6 is 0 Å². The van der Waals surface area contributed by atoms with Crippen LogP contribution in [0.2, 0.25) is 0 Å². The summed E-state index contributed by atoms with van der Waals surface area (Å²) >= 11 is 0. The van der Waals surface area contributed by atoms with Crippen molar-refractivity contribution < 1.29 is 19.4 Å². The lowest BCUT2D eigenvalue weighted by Crippen LogP contribution is -2.45. The molecule has 0 fully saturated rings. The standard InChI is InChI=1S/C16H22O4/c1-4-20-15(19)16(14(17)18,11-10-12(2)3)13-8-6-5-7-9-13/h5-9,12H,4,10-11H2,1-3H3,(H,17,18). The van der Waals surface area contributed by atoms with E-state index in [2.05, 4.69) is 0 Å². The topological polar surface area (TPSA) is 63.6 Å². The summed E-state index contributed by atoms with van der Waals surface area (Å²) in [5.74, 6) is -1.52. The van der Waals surface area contributed by atoms with Gasteiger partial charge in [0, 0.05) is 0 Å². The Morgan fingerprint density at radius 1 is 1.25 bits per heavy atom. The number of carbonyl (C=O) groups is 2. The van der Waals surface area contributed by atoms with Gasteiger partial charge in [-0.2, -0.15) is 0 Å². The molecule has 110 valence electrons. The van der Waals surface area contributed by atoms with Crippen molar-refractivity contribution in [2.45, 2.75) is 39.0 Å². The van der Waals surface area contributed by atoms with Crippen molar-refractivity contribution in [2.75, 3.05) is 6.61 Å². The zero-order chi connectivity index (χ0) is 15.2. The van der Waals surface area contributed by atoms with E-state index in [1.807, 2.05) is 13.8 Å². The highest BCUT2D eigenvalue weighted by molar-refractivity contribution is 6.05. The third-order valence-corrected chi connectivity index (χ3v) is 3.35. The first-order valence-electron chi connectivity index (χ1n) is 6.91. The molecule has 1 atom stereocenters. The fourth-order valence-electron chi connectivity index (χ4n) is 2.16. The van der Waals surface area contributed by atoms with Gasteiger partial charge in [0.15, 0.2) is 5.41 Å². The molecule has 4 heteroatoms. The molecule has 0 aliphatic carbocycles. The number of ether oxygens (including phenoxy) is 1. The van der Waals surface area contributed by atoms with E-state index < -0.39 is 17.4 Å². The predicted octanol–water partition coefficient (Wildman–Crippen LogP) is 3.01. The fourth-order valence-corrected chi connectivity index (χ4v) is 2.16. The summed E-state index contributed by atoms with van der Waals surface area (Å²) in [7, 11) is 0.